The van der Waals surface area contributed by atoms with Gasteiger partial charge in [0.2, 0.25) is 10.0 Å². The lowest BCUT2D eigenvalue weighted by Crippen LogP contribution is -2.38. The number of sulfonamides is 1. The smallest absolute Gasteiger partial charge is 0.251 e. The summed E-state index contributed by atoms with van der Waals surface area (Å²) in [4.78, 5) is 25.1. The summed E-state index contributed by atoms with van der Waals surface area (Å²) in [6.45, 7) is 9.35. The lowest BCUT2D eigenvalue weighted by Gasteiger charge is -2.30. The van der Waals surface area contributed by atoms with Gasteiger partial charge in [0.1, 0.15) is 0 Å². The third kappa shape index (κ3) is 5.81. The van der Waals surface area contributed by atoms with E-state index in [2.05, 4.69) is 17.6 Å². The molecule has 8 heteroatoms. The van der Waals surface area contributed by atoms with Gasteiger partial charge in [-0.15, -0.1) is 0 Å². The van der Waals surface area contributed by atoms with E-state index in [0.717, 1.165) is 24.0 Å². The summed E-state index contributed by atoms with van der Waals surface area (Å²) < 4.78 is 28.2. The van der Waals surface area contributed by atoms with Crippen molar-refractivity contribution in [3.63, 3.8) is 0 Å². The second-order valence-electron chi connectivity index (χ2n) is 8.75. The van der Waals surface area contributed by atoms with E-state index in [-0.39, 0.29) is 23.3 Å². The van der Waals surface area contributed by atoms with Crippen molar-refractivity contribution in [3.8, 4) is 0 Å². The summed E-state index contributed by atoms with van der Waals surface area (Å²) in [5.74, 6) is -0.00466. The number of nitrogens with one attached hydrogen (secondary N) is 2. The van der Waals surface area contributed by atoms with Gasteiger partial charge in [-0.1, -0.05) is 19.1 Å². The topological polar surface area (TPSA) is 95.6 Å². The molecule has 2 N–H and O–H groups in total. The molecular weight excluding hydrogens is 438 g/mol. The van der Waals surface area contributed by atoms with Crippen molar-refractivity contribution in [2.45, 2.75) is 52.0 Å². The molecule has 7 nitrogen and oxygen atoms in total. The Bertz CT molecular complexity index is 1140. The molecule has 0 aromatic heterocycles. The van der Waals surface area contributed by atoms with Gasteiger partial charge in [0.05, 0.1) is 4.90 Å². The standard InChI is InChI=1S/C25H33N3O4S/c1-5-26-24(29)21-8-6-7-20(14-21)16-27-25(30)22-13-18(3)19(4)23(15-22)33(31,32)28-11-9-17(2)10-12-28/h6-8,13-15,17H,5,9-12,16H2,1-4H3,(H,26,29)(H,27,30). The molecule has 3 rings (SSSR count). The first-order chi connectivity index (χ1) is 15.6. The average molecular weight is 472 g/mol. The van der Waals surface area contributed by atoms with Crippen LogP contribution in [0.2, 0.25) is 0 Å². The van der Waals surface area contributed by atoms with Crippen LogP contribution in [0.1, 0.15) is 64.1 Å². The molecule has 0 aliphatic carbocycles. The first-order valence-electron chi connectivity index (χ1n) is 11.4. The van der Waals surface area contributed by atoms with Gasteiger partial charge in [0, 0.05) is 37.3 Å². The van der Waals surface area contributed by atoms with Gasteiger partial charge in [0.25, 0.3) is 11.8 Å². The third-order valence-corrected chi connectivity index (χ3v) is 8.25. The highest BCUT2D eigenvalue weighted by Crippen LogP contribution is 2.28. The molecule has 1 heterocycles. The number of aryl methyl sites for hydroxylation is 1. The third-order valence-electron chi connectivity index (χ3n) is 6.22. The molecule has 1 aliphatic rings. The fourth-order valence-electron chi connectivity index (χ4n) is 3.96. The summed E-state index contributed by atoms with van der Waals surface area (Å²) in [7, 11) is -3.67. The molecular formula is C25H33N3O4S. The molecule has 2 aromatic rings. The summed E-state index contributed by atoms with van der Waals surface area (Å²) in [5.41, 5.74) is 3.04. The van der Waals surface area contributed by atoms with Crippen LogP contribution >= 0.6 is 0 Å². The Morgan fingerprint density at radius 2 is 1.67 bits per heavy atom. The number of piperidine rings is 1. The van der Waals surface area contributed by atoms with E-state index >= 15 is 0 Å². The number of rotatable bonds is 7. The van der Waals surface area contributed by atoms with Crippen LogP contribution in [-0.4, -0.2) is 44.2 Å². The molecule has 1 aliphatic heterocycles. The van der Waals surface area contributed by atoms with Crippen LogP contribution in [0.15, 0.2) is 41.3 Å². The van der Waals surface area contributed by atoms with Crippen molar-refractivity contribution in [2.24, 2.45) is 5.92 Å². The molecule has 2 aromatic carbocycles. The maximum atomic E-state index is 13.3. The van der Waals surface area contributed by atoms with E-state index in [9.17, 15) is 18.0 Å². The fraction of sp³-hybridized carbons (Fsp3) is 0.440. The first-order valence-corrected chi connectivity index (χ1v) is 12.8. The highest BCUT2D eigenvalue weighted by atomic mass is 32.2. The normalized spacial score (nSPS) is 15.3. The molecule has 1 fully saturated rings. The summed E-state index contributed by atoms with van der Waals surface area (Å²) in [6.07, 6.45) is 1.68. The minimum absolute atomic E-state index is 0.165. The number of amides is 2. The van der Waals surface area contributed by atoms with E-state index in [1.54, 1.807) is 31.2 Å². The Labute approximate surface area is 196 Å². The van der Waals surface area contributed by atoms with Gasteiger partial charge in [-0.25, -0.2) is 8.42 Å². The minimum Gasteiger partial charge on any atom is -0.352 e. The van der Waals surface area contributed by atoms with Crippen LogP contribution < -0.4 is 10.6 Å². The van der Waals surface area contributed by atoms with Crippen molar-refractivity contribution in [2.75, 3.05) is 19.6 Å². The minimum atomic E-state index is -3.67. The molecule has 33 heavy (non-hydrogen) atoms. The van der Waals surface area contributed by atoms with E-state index in [0.29, 0.717) is 42.2 Å². The zero-order valence-electron chi connectivity index (χ0n) is 19.8. The maximum absolute atomic E-state index is 13.3. The quantitative estimate of drug-likeness (QED) is 0.647. The van der Waals surface area contributed by atoms with Gasteiger partial charge in [-0.05, 0) is 80.5 Å². The van der Waals surface area contributed by atoms with Crippen LogP contribution in [0, 0.1) is 19.8 Å². The monoisotopic (exact) mass is 471 g/mol. The number of nitrogens with zero attached hydrogens (tertiary/aromatic N) is 1. The second-order valence-corrected chi connectivity index (χ2v) is 10.7. The van der Waals surface area contributed by atoms with Crippen molar-refractivity contribution in [1.82, 2.24) is 14.9 Å². The van der Waals surface area contributed by atoms with E-state index in [4.69, 9.17) is 0 Å². The van der Waals surface area contributed by atoms with Gasteiger partial charge in [-0.3, -0.25) is 9.59 Å². The molecule has 0 radical (unpaired) electrons. The number of carbonyl (C=O) groups excluding carboxylic acids is 2. The van der Waals surface area contributed by atoms with Crippen molar-refractivity contribution < 1.29 is 18.0 Å². The Hall–Kier alpha value is -2.71. The molecule has 0 atom stereocenters. The van der Waals surface area contributed by atoms with E-state index in [1.165, 1.54) is 10.4 Å². The van der Waals surface area contributed by atoms with Crippen LogP contribution in [0.3, 0.4) is 0 Å². The summed E-state index contributed by atoms with van der Waals surface area (Å²) in [5, 5.41) is 5.60. The predicted molar refractivity (Wildman–Crippen MR) is 129 cm³/mol. The predicted octanol–water partition coefficient (Wildman–Crippen LogP) is 3.40. The largest absolute Gasteiger partial charge is 0.352 e. The zero-order valence-corrected chi connectivity index (χ0v) is 20.6. The highest BCUT2D eigenvalue weighted by molar-refractivity contribution is 7.89. The number of hydrogen-bond donors (Lipinski definition) is 2. The number of benzene rings is 2. The van der Waals surface area contributed by atoms with Gasteiger partial charge >= 0.3 is 0 Å². The van der Waals surface area contributed by atoms with Crippen LogP contribution in [0.4, 0.5) is 0 Å². The Kier molecular flexibility index (Phi) is 7.92. The van der Waals surface area contributed by atoms with Crippen molar-refractivity contribution in [3.05, 3.63) is 64.2 Å². The second kappa shape index (κ2) is 10.5. The fourth-order valence-corrected chi connectivity index (χ4v) is 5.75. The maximum Gasteiger partial charge on any atom is 0.251 e. The van der Waals surface area contributed by atoms with Gasteiger partial charge in [0.15, 0.2) is 0 Å². The van der Waals surface area contributed by atoms with E-state index < -0.39 is 10.0 Å². The molecule has 0 spiro atoms. The van der Waals surface area contributed by atoms with Crippen molar-refractivity contribution in [1.29, 1.82) is 0 Å². The van der Waals surface area contributed by atoms with Crippen molar-refractivity contribution >= 4 is 21.8 Å². The summed E-state index contributed by atoms with van der Waals surface area (Å²) >= 11 is 0. The van der Waals surface area contributed by atoms with Crippen LogP contribution in [-0.2, 0) is 16.6 Å². The SMILES string of the molecule is CCNC(=O)c1cccc(CNC(=O)c2cc(C)c(C)c(S(=O)(=O)N3CCC(C)CC3)c2)c1. The Morgan fingerprint density at radius 3 is 2.33 bits per heavy atom. The molecule has 2 amide bonds. The lowest BCUT2D eigenvalue weighted by atomic mass is 10.0. The van der Waals surface area contributed by atoms with Gasteiger partial charge < -0.3 is 10.6 Å². The molecule has 178 valence electrons. The lowest BCUT2D eigenvalue weighted by molar-refractivity contribution is 0.0946. The molecule has 1 saturated heterocycles. The first kappa shape index (κ1) is 24.9. The number of carbonyl (C=O) groups is 2. The molecule has 0 saturated carbocycles. The highest BCUT2D eigenvalue weighted by Gasteiger charge is 2.30. The Morgan fingerprint density at radius 1 is 1.00 bits per heavy atom. The number of hydrogen-bond acceptors (Lipinski definition) is 4. The van der Waals surface area contributed by atoms with Crippen LogP contribution in [0.5, 0.6) is 0 Å². The zero-order chi connectivity index (χ0) is 24.2. The van der Waals surface area contributed by atoms with E-state index in [1.807, 2.05) is 19.9 Å². The molecule has 0 bridgehead atoms. The average Bonchev–Trinajstić information content (AvgIpc) is 2.79. The molecule has 0 unspecified atom stereocenters. The summed E-state index contributed by atoms with van der Waals surface area (Å²) in [6, 6.07) is 10.3. The van der Waals surface area contributed by atoms with Crippen LogP contribution in [0.25, 0.3) is 0 Å². The van der Waals surface area contributed by atoms with Gasteiger partial charge in [-0.2, -0.15) is 4.31 Å². The Balaban J connectivity index is 1.79.